The third kappa shape index (κ3) is 4.35. The normalized spacial score (nSPS) is 23.6. The zero-order valence-corrected chi connectivity index (χ0v) is 12.7. The van der Waals surface area contributed by atoms with E-state index in [2.05, 4.69) is 0 Å². The quantitative estimate of drug-likeness (QED) is 0.849. The summed E-state index contributed by atoms with van der Waals surface area (Å²) in [6.07, 6.45) is -0.397. The lowest BCUT2D eigenvalue weighted by molar-refractivity contribution is 0.00192. The van der Waals surface area contributed by atoms with Gasteiger partial charge >= 0.3 is 6.09 Å². The topological polar surface area (TPSA) is 83.9 Å². The van der Waals surface area contributed by atoms with E-state index in [-0.39, 0.29) is 18.6 Å². The largest absolute Gasteiger partial charge is 0.443 e. The van der Waals surface area contributed by atoms with Gasteiger partial charge in [0.2, 0.25) is 10.0 Å². The van der Waals surface area contributed by atoms with E-state index in [0.717, 1.165) is 4.31 Å². The highest BCUT2D eigenvalue weighted by molar-refractivity contribution is 7.89. The summed E-state index contributed by atoms with van der Waals surface area (Å²) in [4.78, 5) is 12.1. The SMILES string of the molecule is CCCS(=O)(=O)N(C(=O)OC(C)(C)C)C1CC(O)C1. The highest BCUT2D eigenvalue weighted by atomic mass is 32.2. The van der Waals surface area contributed by atoms with E-state index in [1.165, 1.54) is 0 Å². The van der Waals surface area contributed by atoms with Gasteiger partial charge in [-0.15, -0.1) is 0 Å². The molecular formula is C12H23NO5S. The van der Waals surface area contributed by atoms with Crippen LogP contribution in [0.15, 0.2) is 0 Å². The molecule has 1 saturated carbocycles. The third-order valence-corrected chi connectivity index (χ3v) is 4.73. The van der Waals surface area contributed by atoms with Crippen molar-refractivity contribution in [3.63, 3.8) is 0 Å². The summed E-state index contributed by atoms with van der Waals surface area (Å²) in [5, 5.41) is 9.30. The Morgan fingerprint density at radius 3 is 2.26 bits per heavy atom. The van der Waals surface area contributed by atoms with Crippen LogP contribution >= 0.6 is 0 Å². The molecule has 1 aliphatic carbocycles. The zero-order valence-electron chi connectivity index (χ0n) is 11.9. The molecule has 0 aromatic carbocycles. The number of carbonyl (C=O) groups excluding carboxylic acids is 1. The molecule has 0 aliphatic heterocycles. The molecule has 0 spiro atoms. The van der Waals surface area contributed by atoms with Crippen molar-refractivity contribution in [1.29, 1.82) is 0 Å². The second kappa shape index (κ2) is 5.66. The van der Waals surface area contributed by atoms with Crippen molar-refractivity contribution in [2.75, 3.05) is 5.75 Å². The van der Waals surface area contributed by atoms with Crippen LogP contribution in [0.5, 0.6) is 0 Å². The van der Waals surface area contributed by atoms with E-state index in [4.69, 9.17) is 4.74 Å². The van der Waals surface area contributed by atoms with Crippen molar-refractivity contribution in [3.05, 3.63) is 0 Å². The van der Waals surface area contributed by atoms with Gasteiger partial charge in [0.15, 0.2) is 0 Å². The molecular weight excluding hydrogens is 270 g/mol. The lowest BCUT2D eigenvalue weighted by Gasteiger charge is -2.39. The van der Waals surface area contributed by atoms with Gasteiger partial charge in [-0.25, -0.2) is 17.5 Å². The van der Waals surface area contributed by atoms with Crippen LogP contribution in [0.3, 0.4) is 0 Å². The lowest BCUT2D eigenvalue weighted by atomic mass is 9.90. The van der Waals surface area contributed by atoms with Gasteiger partial charge in [-0.3, -0.25) is 0 Å². The summed E-state index contributed by atoms with van der Waals surface area (Å²) < 4.78 is 30.2. The molecule has 0 aromatic heterocycles. The van der Waals surface area contributed by atoms with E-state index in [1.807, 2.05) is 0 Å². The number of ether oxygens (including phenoxy) is 1. The first-order valence-electron chi connectivity index (χ1n) is 6.50. The smallest absolute Gasteiger partial charge is 0.424 e. The summed E-state index contributed by atoms with van der Waals surface area (Å²) in [5.74, 6) is -0.0984. The molecule has 0 heterocycles. The van der Waals surface area contributed by atoms with Crippen LogP contribution in [0.2, 0.25) is 0 Å². The highest BCUT2D eigenvalue weighted by Crippen LogP contribution is 2.29. The van der Waals surface area contributed by atoms with Gasteiger partial charge < -0.3 is 9.84 Å². The van der Waals surface area contributed by atoms with Crippen LogP contribution in [0.25, 0.3) is 0 Å². The summed E-state index contributed by atoms with van der Waals surface area (Å²) in [6, 6.07) is -0.485. The molecule has 0 bridgehead atoms. The maximum atomic E-state index is 12.1. The Morgan fingerprint density at radius 1 is 1.37 bits per heavy atom. The van der Waals surface area contributed by atoms with E-state index in [1.54, 1.807) is 27.7 Å². The average Bonchev–Trinajstić information content (AvgIpc) is 2.11. The van der Waals surface area contributed by atoms with Crippen LogP contribution in [-0.2, 0) is 14.8 Å². The van der Waals surface area contributed by atoms with Gasteiger partial charge in [-0.1, -0.05) is 6.92 Å². The number of aliphatic hydroxyl groups is 1. The van der Waals surface area contributed by atoms with E-state index in [0.29, 0.717) is 6.42 Å². The maximum absolute atomic E-state index is 12.1. The van der Waals surface area contributed by atoms with Gasteiger partial charge in [-0.2, -0.15) is 0 Å². The van der Waals surface area contributed by atoms with Crippen LogP contribution in [0.1, 0.15) is 47.0 Å². The Kier molecular flexibility index (Phi) is 4.84. The van der Waals surface area contributed by atoms with Crippen LogP contribution < -0.4 is 0 Å². The zero-order chi connectivity index (χ0) is 14.8. The molecule has 7 heteroatoms. The summed E-state index contributed by atoms with van der Waals surface area (Å²) in [7, 11) is -3.68. The third-order valence-electron chi connectivity index (χ3n) is 2.76. The second-order valence-electron chi connectivity index (χ2n) is 5.87. The number of amides is 1. The number of nitrogens with zero attached hydrogens (tertiary/aromatic N) is 1. The fourth-order valence-electron chi connectivity index (χ4n) is 1.90. The van der Waals surface area contributed by atoms with Crippen LogP contribution in [0.4, 0.5) is 4.79 Å². The monoisotopic (exact) mass is 293 g/mol. The molecule has 1 N–H and O–H groups in total. The minimum atomic E-state index is -3.68. The predicted octanol–water partition coefficient (Wildman–Crippen LogP) is 1.49. The first kappa shape index (κ1) is 16.2. The molecule has 1 amide bonds. The molecule has 1 rings (SSSR count). The number of hydrogen-bond donors (Lipinski definition) is 1. The van der Waals surface area contributed by atoms with Gasteiger partial charge in [0.05, 0.1) is 17.9 Å². The van der Waals surface area contributed by atoms with E-state index >= 15 is 0 Å². The van der Waals surface area contributed by atoms with Gasteiger partial charge in [0.25, 0.3) is 0 Å². The Morgan fingerprint density at radius 2 is 1.89 bits per heavy atom. The van der Waals surface area contributed by atoms with Gasteiger partial charge in [-0.05, 0) is 40.0 Å². The van der Waals surface area contributed by atoms with Gasteiger partial charge in [0.1, 0.15) is 5.60 Å². The number of aliphatic hydroxyl groups excluding tert-OH is 1. The summed E-state index contributed by atoms with van der Waals surface area (Å²) in [6.45, 7) is 6.79. The first-order valence-corrected chi connectivity index (χ1v) is 8.11. The Labute approximate surface area is 114 Å². The molecule has 112 valence electrons. The van der Waals surface area contributed by atoms with Crippen molar-refractivity contribution in [2.45, 2.75) is 64.7 Å². The van der Waals surface area contributed by atoms with Crippen molar-refractivity contribution in [1.82, 2.24) is 4.31 Å². The van der Waals surface area contributed by atoms with Crippen LogP contribution in [0, 0.1) is 0 Å². The average molecular weight is 293 g/mol. The molecule has 1 aliphatic rings. The predicted molar refractivity (Wildman–Crippen MR) is 71.2 cm³/mol. The molecule has 6 nitrogen and oxygen atoms in total. The fraction of sp³-hybridized carbons (Fsp3) is 0.917. The maximum Gasteiger partial charge on any atom is 0.424 e. The molecule has 0 radical (unpaired) electrons. The van der Waals surface area contributed by atoms with Gasteiger partial charge in [0, 0.05) is 0 Å². The number of carbonyl (C=O) groups is 1. The molecule has 0 aromatic rings. The fourth-order valence-corrected chi connectivity index (χ4v) is 3.51. The molecule has 0 atom stereocenters. The van der Waals surface area contributed by atoms with Crippen molar-refractivity contribution < 1.29 is 23.1 Å². The number of sulfonamides is 1. The van der Waals surface area contributed by atoms with Crippen molar-refractivity contribution in [3.8, 4) is 0 Å². The molecule has 19 heavy (non-hydrogen) atoms. The van der Waals surface area contributed by atoms with Crippen molar-refractivity contribution >= 4 is 16.1 Å². The van der Waals surface area contributed by atoms with Crippen LogP contribution in [-0.4, -0.2) is 47.4 Å². The number of hydrogen-bond acceptors (Lipinski definition) is 5. The van der Waals surface area contributed by atoms with E-state index < -0.39 is 33.9 Å². The summed E-state index contributed by atoms with van der Waals surface area (Å²) in [5.41, 5.74) is -0.751. The molecule has 0 saturated heterocycles. The Balaban J connectivity index is 2.90. The Bertz CT molecular complexity index is 420. The molecule has 1 fully saturated rings. The first-order chi connectivity index (χ1) is 8.57. The second-order valence-corrected chi connectivity index (χ2v) is 7.84. The van der Waals surface area contributed by atoms with Crippen molar-refractivity contribution in [2.24, 2.45) is 0 Å². The minimum Gasteiger partial charge on any atom is -0.443 e. The van der Waals surface area contributed by atoms with E-state index in [9.17, 15) is 18.3 Å². The Hall–Kier alpha value is -0.820. The molecule has 0 unspecified atom stereocenters. The highest BCUT2D eigenvalue weighted by Gasteiger charge is 2.43. The number of rotatable bonds is 4. The summed E-state index contributed by atoms with van der Waals surface area (Å²) >= 11 is 0. The standard InChI is InChI=1S/C12H23NO5S/c1-5-6-19(16,17)13(9-7-10(14)8-9)11(15)18-12(2,3)4/h9-10,14H,5-8H2,1-4H3. The minimum absolute atomic E-state index is 0.0984. The lowest BCUT2D eigenvalue weighted by Crippen LogP contribution is -2.54.